The first-order valence-corrected chi connectivity index (χ1v) is 7.35. The van der Waals surface area contributed by atoms with Gasteiger partial charge in [-0.25, -0.2) is 5.48 Å². The molecule has 0 bridgehead atoms. The highest BCUT2D eigenvalue weighted by atomic mass is 16.5. The number of benzene rings is 1. The van der Waals surface area contributed by atoms with E-state index in [1.165, 1.54) is 11.8 Å². The molecule has 0 spiro atoms. The van der Waals surface area contributed by atoms with Gasteiger partial charge in [-0.05, 0) is 30.5 Å². The van der Waals surface area contributed by atoms with Gasteiger partial charge in [0, 0.05) is 24.9 Å². The van der Waals surface area contributed by atoms with E-state index in [4.69, 9.17) is 5.21 Å². The van der Waals surface area contributed by atoms with Crippen LogP contribution in [0.3, 0.4) is 0 Å². The lowest BCUT2D eigenvalue weighted by atomic mass is 10.1. The summed E-state index contributed by atoms with van der Waals surface area (Å²) in [5.41, 5.74) is 3.85. The standard InChI is InChI=1S/C17H24N2O2/c1-3-13-19(14-4-2)16-11-9-15(10-12-16)7-5-6-8-17(20)18-21/h5-12,21H,3-4,13-14H2,1-2H3,(H,18,20)/b7-5+,8-6+. The third kappa shape index (κ3) is 6.27. The molecule has 1 aromatic carbocycles. The summed E-state index contributed by atoms with van der Waals surface area (Å²) in [6.45, 7) is 6.52. The lowest BCUT2D eigenvalue weighted by Gasteiger charge is -2.23. The molecule has 0 fully saturated rings. The second kappa shape index (κ2) is 9.77. The highest BCUT2D eigenvalue weighted by Crippen LogP contribution is 2.17. The van der Waals surface area contributed by atoms with Crippen molar-refractivity contribution in [2.24, 2.45) is 0 Å². The number of hydrogen-bond donors (Lipinski definition) is 2. The lowest BCUT2D eigenvalue weighted by molar-refractivity contribution is -0.124. The van der Waals surface area contributed by atoms with E-state index in [9.17, 15) is 4.79 Å². The first kappa shape index (κ1) is 17.0. The van der Waals surface area contributed by atoms with Crippen molar-refractivity contribution in [3.05, 3.63) is 48.1 Å². The minimum absolute atomic E-state index is 0.537. The molecule has 0 aliphatic heterocycles. The van der Waals surface area contributed by atoms with Crippen LogP contribution in [0.1, 0.15) is 32.3 Å². The summed E-state index contributed by atoms with van der Waals surface area (Å²) < 4.78 is 0. The molecule has 4 heteroatoms. The van der Waals surface area contributed by atoms with Crippen LogP contribution in [0.2, 0.25) is 0 Å². The van der Waals surface area contributed by atoms with Crippen molar-refractivity contribution in [1.29, 1.82) is 0 Å². The predicted molar refractivity (Wildman–Crippen MR) is 87.3 cm³/mol. The third-order valence-corrected chi connectivity index (χ3v) is 3.00. The average molecular weight is 288 g/mol. The van der Waals surface area contributed by atoms with Gasteiger partial charge in [0.2, 0.25) is 0 Å². The normalized spacial score (nSPS) is 11.2. The molecule has 114 valence electrons. The molecule has 0 heterocycles. The number of nitrogens with one attached hydrogen (secondary N) is 1. The molecule has 2 N–H and O–H groups in total. The maximum Gasteiger partial charge on any atom is 0.267 e. The fourth-order valence-corrected chi connectivity index (χ4v) is 2.05. The second-order valence-electron chi connectivity index (χ2n) is 4.77. The topological polar surface area (TPSA) is 52.6 Å². The van der Waals surface area contributed by atoms with Gasteiger partial charge in [0.05, 0.1) is 0 Å². The van der Waals surface area contributed by atoms with Crippen molar-refractivity contribution in [1.82, 2.24) is 5.48 Å². The van der Waals surface area contributed by atoms with Crippen molar-refractivity contribution >= 4 is 17.7 Å². The van der Waals surface area contributed by atoms with Crippen LogP contribution in [-0.4, -0.2) is 24.2 Å². The minimum atomic E-state index is -0.537. The fourth-order valence-electron chi connectivity index (χ4n) is 2.05. The van der Waals surface area contributed by atoms with Gasteiger partial charge in [0.1, 0.15) is 0 Å². The van der Waals surface area contributed by atoms with E-state index in [0.717, 1.165) is 31.5 Å². The molecule has 0 radical (unpaired) electrons. The van der Waals surface area contributed by atoms with Gasteiger partial charge in [-0.1, -0.05) is 44.2 Å². The highest BCUT2D eigenvalue weighted by Gasteiger charge is 2.03. The summed E-state index contributed by atoms with van der Waals surface area (Å²) in [6, 6.07) is 8.36. The maximum absolute atomic E-state index is 10.8. The number of carbonyl (C=O) groups is 1. The van der Waals surface area contributed by atoms with Gasteiger partial charge in [-0.15, -0.1) is 0 Å². The van der Waals surface area contributed by atoms with E-state index in [0.29, 0.717) is 0 Å². The Morgan fingerprint density at radius 2 is 1.76 bits per heavy atom. The molecule has 1 amide bonds. The summed E-state index contributed by atoms with van der Waals surface area (Å²) in [7, 11) is 0. The van der Waals surface area contributed by atoms with Crippen LogP contribution in [0.15, 0.2) is 42.5 Å². The van der Waals surface area contributed by atoms with Crippen LogP contribution >= 0.6 is 0 Å². The van der Waals surface area contributed by atoms with Crippen LogP contribution in [0.4, 0.5) is 5.69 Å². The zero-order valence-electron chi connectivity index (χ0n) is 12.7. The van der Waals surface area contributed by atoms with Crippen LogP contribution in [-0.2, 0) is 4.79 Å². The molecular weight excluding hydrogens is 264 g/mol. The predicted octanol–water partition coefficient (Wildman–Crippen LogP) is 3.39. The molecule has 0 unspecified atom stereocenters. The Morgan fingerprint density at radius 1 is 1.14 bits per heavy atom. The lowest BCUT2D eigenvalue weighted by Crippen LogP contribution is -2.24. The Kier molecular flexibility index (Phi) is 7.90. The average Bonchev–Trinajstić information content (AvgIpc) is 2.51. The number of nitrogens with zero attached hydrogens (tertiary/aromatic N) is 1. The third-order valence-electron chi connectivity index (χ3n) is 3.00. The van der Waals surface area contributed by atoms with Crippen molar-refractivity contribution in [3.63, 3.8) is 0 Å². The first-order chi connectivity index (χ1) is 10.2. The maximum atomic E-state index is 10.8. The molecule has 21 heavy (non-hydrogen) atoms. The SMILES string of the molecule is CCCN(CCC)c1ccc(/C=C/C=C/C(=O)NO)cc1. The Balaban J connectivity index is 2.66. The smallest absolute Gasteiger partial charge is 0.267 e. The monoisotopic (exact) mass is 288 g/mol. The van der Waals surface area contributed by atoms with Gasteiger partial charge in [0.15, 0.2) is 0 Å². The van der Waals surface area contributed by atoms with E-state index in [2.05, 4.69) is 43.0 Å². The molecular formula is C17H24N2O2. The Bertz CT molecular complexity index is 472. The molecule has 0 saturated carbocycles. The second-order valence-corrected chi connectivity index (χ2v) is 4.77. The number of anilines is 1. The van der Waals surface area contributed by atoms with Crippen LogP contribution < -0.4 is 10.4 Å². The Labute approximate surface area is 126 Å². The van der Waals surface area contributed by atoms with Crippen LogP contribution in [0, 0.1) is 0 Å². The molecule has 1 rings (SSSR count). The van der Waals surface area contributed by atoms with Gasteiger partial charge in [-0.2, -0.15) is 0 Å². The summed E-state index contributed by atoms with van der Waals surface area (Å²) in [5.74, 6) is -0.537. The molecule has 0 aliphatic rings. The van der Waals surface area contributed by atoms with Gasteiger partial charge < -0.3 is 4.90 Å². The number of carbonyl (C=O) groups excluding carboxylic acids is 1. The Hall–Kier alpha value is -2.07. The van der Waals surface area contributed by atoms with E-state index in [-0.39, 0.29) is 0 Å². The van der Waals surface area contributed by atoms with Crippen molar-refractivity contribution < 1.29 is 10.0 Å². The van der Waals surface area contributed by atoms with Gasteiger partial charge >= 0.3 is 0 Å². The van der Waals surface area contributed by atoms with E-state index in [1.807, 2.05) is 6.08 Å². The van der Waals surface area contributed by atoms with Crippen molar-refractivity contribution in [2.75, 3.05) is 18.0 Å². The fraction of sp³-hybridized carbons (Fsp3) is 0.353. The summed E-state index contributed by atoms with van der Waals surface area (Å²) in [4.78, 5) is 13.2. The van der Waals surface area contributed by atoms with E-state index in [1.54, 1.807) is 17.6 Å². The van der Waals surface area contributed by atoms with Crippen LogP contribution in [0.5, 0.6) is 0 Å². The summed E-state index contributed by atoms with van der Waals surface area (Å²) in [6.07, 6.45) is 8.79. The molecule has 0 saturated heterocycles. The number of rotatable bonds is 8. The first-order valence-electron chi connectivity index (χ1n) is 7.35. The van der Waals surface area contributed by atoms with Gasteiger partial charge in [0.25, 0.3) is 5.91 Å². The number of allylic oxidation sites excluding steroid dienone is 2. The molecule has 0 aliphatic carbocycles. The van der Waals surface area contributed by atoms with Crippen molar-refractivity contribution in [2.45, 2.75) is 26.7 Å². The van der Waals surface area contributed by atoms with Crippen LogP contribution in [0.25, 0.3) is 6.08 Å². The molecule has 1 aromatic rings. The molecule has 0 aromatic heterocycles. The highest BCUT2D eigenvalue weighted by molar-refractivity contribution is 5.86. The summed E-state index contributed by atoms with van der Waals surface area (Å²) >= 11 is 0. The number of hydrogen-bond acceptors (Lipinski definition) is 3. The zero-order valence-corrected chi connectivity index (χ0v) is 12.7. The zero-order chi connectivity index (χ0) is 15.5. The Morgan fingerprint density at radius 3 is 2.29 bits per heavy atom. The molecule has 4 nitrogen and oxygen atoms in total. The van der Waals surface area contributed by atoms with Gasteiger partial charge in [-0.3, -0.25) is 10.0 Å². The van der Waals surface area contributed by atoms with Crippen molar-refractivity contribution in [3.8, 4) is 0 Å². The number of amides is 1. The molecule has 0 atom stereocenters. The quantitative estimate of drug-likeness (QED) is 0.334. The van der Waals surface area contributed by atoms with E-state index >= 15 is 0 Å². The summed E-state index contributed by atoms with van der Waals surface area (Å²) in [5, 5.41) is 8.34. The number of hydroxylamine groups is 1. The minimum Gasteiger partial charge on any atom is -0.372 e. The van der Waals surface area contributed by atoms with E-state index < -0.39 is 5.91 Å². The largest absolute Gasteiger partial charge is 0.372 e.